The maximum atomic E-state index is 12.2. The molecule has 0 atom stereocenters. The molecular weight excluding hydrogens is 244 g/mol. The van der Waals surface area contributed by atoms with Gasteiger partial charge in [-0.25, -0.2) is 4.79 Å². The summed E-state index contributed by atoms with van der Waals surface area (Å²) in [5.41, 5.74) is 1.01. The van der Waals surface area contributed by atoms with Crippen molar-refractivity contribution < 1.29 is 13.6 Å². The smallest absolute Gasteiger partial charge is 0.406 e. The first kappa shape index (κ1) is 14.9. The molecule has 3 nitrogen and oxygen atoms in total. The Labute approximate surface area is 110 Å². The van der Waals surface area contributed by atoms with Gasteiger partial charge in [-0.1, -0.05) is 45.9 Å². The van der Waals surface area contributed by atoms with Gasteiger partial charge in [-0.2, -0.15) is 0 Å². The lowest BCUT2D eigenvalue weighted by Gasteiger charge is -2.35. The van der Waals surface area contributed by atoms with E-state index in [1.807, 2.05) is 45.9 Å². The molecule has 0 amide bonds. The molecule has 0 bridgehead atoms. The Hall–Kier alpha value is -1.13. The van der Waals surface area contributed by atoms with Crippen LogP contribution in [-0.2, 0) is 8.85 Å². The first-order valence-electron chi connectivity index (χ1n) is 6.27. The third-order valence-corrected chi connectivity index (χ3v) is 7.55. The van der Waals surface area contributed by atoms with Crippen molar-refractivity contribution in [3.63, 3.8) is 0 Å². The highest BCUT2D eigenvalue weighted by molar-refractivity contribution is 6.71. The fourth-order valence-electron chi connectivity index (χ4n) is 2.19. The highest BCUT2D eigenvalue weighted by Gasteiger charge is 2.47. The molecule has 0 aromatic heterocycles. The molecule has 0 heterocycles. The van der Waals surface area contributed by atoms with Crippen LogP contribution < -0.4 is 0 Å². The van der Waals surface area contributed by atoms with E-state index in [-0.39, 0.29) is 17.1 Å². The fraction of sp³-hybridized carbons (Fsp3) is 0.500. The summed E-state index contributed by atoms with van der Waals surface area (Å²) in [5.74, 6) is -0.286. The van der Waals surface area contributed by atoms with Crippen molar-refractivity contribution in [2.75, 3.05) is 7.11 Å². The molecule has 0 radical (unpaired) electrons. The van der Waals surface area contributed by atoms with E-state index in [0.717, 1.165) is 0 Å². The summed E-state index contributed by atoms with van der Waals surface area (Å²) in [6.45, 7) is 8.20. The van der Waals surface area contributed by atoms with Crippen molar-refractivity contribution in [2.24, 2.45) is 0 Å². The molecule has 0 fully saturated rings. The first-order chi connectivity index (χ1) is 8.44. The van der Waals surface area contributed by atoms with Gasteiger partial charge in [0.1, 0.15) is 0 Å². The zero-order chi connectivity index (χ0) is 13.8. The summed E-state index contributed by atoms with van der Waals surface area (Å²) in [5, 5.41) is 0. The van der Waals surface area contributed by atoms with E-state index >= 15 is 0 Å². The van der Waals surface area contributed by atoms with Crippen LogP contribution in [-0.4, -0.2) is 21.6 Å². The van der Waals surface area contributed by atoms with Gasteiger partial charge in [-0.3, -0.25) is 0 Å². The van der Waals surface area contributed by atoms with E-state index in [0.29, 0.717) is 5.56 Å². The van der Waals surface area contributed by atoms with Crippen LogP contribution in [0.5, 0.6) is 0 Å². The van der Waals surface area contributed by atoms with Gasteiger partial charge in [0, 0.05) is 18.2 Å². The number of carbonyl (C=O) groups excluding carboxylic acids is 1. The predicted molar refractivity (Wildman–Crippen MR) is 74.8 cm³/mol. The lowest BCUT2D eigenvalue weighted by atomic mass is 10.2. The molecule has 1 rings (SSSR count). The maximum Gasteiger partial charge on any atom is 0.406 e. The average molecular weight is 266 g/mol. The molecule has 4 heteroatoms. The molecular formula is C14H22O3Si. The van der Waals surface area contributed by atoms with Crippen molar-refractivity contribution in [3.8, 4) is 0 Å². The first-order valence-corrected chi connectivity index (χ1v) is 8.24. The summed E-state index contributed by atoms with van der Waals surface area (Å²) in [7, 11) is -0.876. The van der Waals surface area contributed by atoms with Crippen LogP contribution in [0.15, 0.2) is 30.3 Å². The van der Waals surface area contributed by atoms with Crippen molar-refractivity contribution in [3.05, 3.63) is 35.9 Å². The zero-order valence-electron chi connectivity index (χ0n) is 11.8. The second-order valence-electron chi connectivity index (χ2n) is 4.99. The summed E-state index contributed by atoms with van der Waals surface area (Å²) in [6, 6.07) is 9.06. The normalized spacial score (nSPS) is 11.9. The van der Waals surface area contributed by atoms with Gasteiger partial charge in [0.15, 0.2) is 0 Å². The van der Waals surface area contributed by atoms with Crippen molar-refractivity contribution in [2.45, 2.75) is 38.8 Å². The number of benzene rings is 1. The molecule has 0 spiro atoms. The van der Waals surface area contributed by atoms with Crippen LogP contribution >= 0.6 is 0 Å². The van der Waals surface area contributed by atoms with Crippen LogP contribution in [0.3, 0.4) is 0 Å². The van der Waals surface area contributed by atoms with Gasteiger partial charge in [0.05, 0.1) is 5.56 Å². The van der Waals surface area contributed by atoms with Gasteiger partial charge in [-0.15, -0.1) is 0 Å². The Morgan fingerprint density at radius 1 is 1.06 bits per heavy atom. The molecule has 0 N–H and O–H groups in total. The van der Waals surface area contributed by atoms with Gasteiger partial charge >= 0.3 is 14.5 Å². The number of rotatable bonds is 5. The Morgan fingerprint density at radius 3 is 1.94 bits per heavy atom. The van der Waals surface area contributed by atoms with Crippen LogP contribution in [0.1, 0.15) is 38.1 Å². The van der Waals surface area contributed by atoms with Crippen molar-refractivity contribution in [1.29, 1.82) is 0 Å². The molecule has 0 aliphatic heterocycles. The van der Waals surface area contributed by atoms with Crippen molar-refractivity contribution >= 4 is 14.5 Å². The number of hydrogen-bond acceptors (Lipinski definition) is 3. The molecule has 0 saturated carbocycles. The van der Waals surface area contributed by atoms with Gasteiger partial charge in [0.2, 0.25) is 0 Å². The number of hydrogen-bond donors (Lipinski definition) is 0. The zero-order valence-corrected chi connectivity index (χ0v) is 12.8. The second kappa shape index (κ2) is 6.16. The lowest BCUT2D eigenvalue weighted by molar-refractivity contribution is 0.0644. The van der Waals surface area contributed by atoms with E-state index in [4.69, 9.17) is 8.85 Å². The van der Waals surface area contributed by atoms with Crippen molar-refractivity contribution in [1.82, 2.24) is 0 Å². The monoisotopic (exact) mass is 266 g/mol. The predicted octanol–water partition coefficient (Wildman–Crippen LogP) is 3.75. The molecule has 0 unspecified atom stereocenters. The van der Waals surface area contributed by atoms with E-state index in [9.17, 15) is 4.79 Å². The van der Waals surface area contributed by atoms with Gasteiger partial charge in [-0.05, 0) is 12.1 Å². The molecule has 1 aromatic carbocycles. The van der Waals surface area contributed by atoms with Gasteiger partial charge in [0.25, 0.3) is 0 Å². The van der Waals surface area contributed by atoms with E-state index in [1.165, 1.54) is 0 Å². The van der Waals surface area contributed by atoms with Crippen LogP contribution in [0.4, 0.5) is 0 Å². The Kier molecular flexibility index (Phi) is 5.11. The minimum atomic E-state index is -2.52. The Morgan fingerprint density at radius 2 is 1.56 bits per heavy atom. The minimum absolute atomic E-state index is 0.218. The molecule has 0 saturated heterocycles. The van der Waals surface area contributed by atoms with E-state index in [2.05, 4.69) is 0 Å². The quantitative estimate of drug-likeness (QED) is 0.761. The third kappa shape index (κ3) is 3.00. The third-order valence-electron chi connectivity index (χ3n) is 3.19. The van der Waals surface area contributed by atoms with Crippen LogP contribution in [0, 0.1) is 0 Å². The standard InChI is InChI=1S/C14H22O3Si/c1-11(2)18(16-5,12(3)4)17-14(15)13-9-7-6-8-10-13/h6-12H,1-5H3. The molecule has 18 heavy (non-hydrogen) atoms. The summed E-state index contributed by atoms with van der Waals surface area (Å²) >= 11 is 0. The molecule has 100 valence electrons. The highest BCUT2D eigenvalue weighted by atomic mass is 28.4. The summed E-state index contributed by atoms with van der Waals surface area (Å²) in [4.78, 5) is 12.2. The summed E-state index contributed by atoms with van der Waals surface area (Å²) < 4.78 is 11.4. The van der Waals surface area contributed by atoms with E-state index in [1.54, 1.807) is 19.2 Å². The SMILES string of the molecule is CO[Si](OC(=O)c1ccccc1)(C(C)C)C(C)C. The maximum absolute atomic E-state index is 12.2. The van der Waals surface area contributed by atoms with Crippen LogP contribution in [0.2, 0.25) is 11.1 Å². The number of carbonyl (C=O) groups is 1. The van der Waals surface area contributed by atoms with Gasteiger partial charge < -0.3 is 8.85 Å². The summed E-state index contributed by atoms with van der Waals surface area (Å²) in [6.07, 6.45) is 0. The highest BCUT2D eigenvalue weighted by Crippen LogP contribution is 2.34. The second-order valence-corrected chi connectivity index (χ2v) is 9.36. The largest absolute Gasteiger partial charge is 0.490 e. The Bertz CT molecular complexity index is 379. The average Bonchev–Trinajstić information content (AvgIpc) is 2.36. The van der Waals surface area contributed by atoms with E-state index < -0.39 is 8.56 Å². The fourth-order valence-corrected chi connectivity index (χ4v) is 5.43. The Balaban J connectivity index is 2.95. The molecule has 0 aliphatic rings. The lowest BCUT2D eigenvalue weighted by Crippen LogP contribution is -2.48. The van der Waals surface area contributed by atoms with Crippen LogP contribution in [0.25, 0.3) is 0 Å². The molecule has 1 aromatic rings. The topological polar surface area (TPSA) is 35.5 Å². The molecule has 0 aliphatic carbocycles. The minimum Gasteiger partial charge on any atom is -0.490 e.